The van der Waals surface area contributed by atoms with Crippen molar-refractivity contribution >= 4 is 21.9 Å². The third-order valence-electron chi connectivity index (χ3n) is 2.70. The first-order valence-corrected chi connectivity index (χ1v) is 6.53. The molecule has 0 fully saturated rings. The van der Waals surface area contributed by atoms with E-state index in [9.17, 15) is 4.79 Å². The quantitative estimate of drug-likeness (QED) is 0.847. The number of benzene rings is 1. The fourth-order valence-electron chi connectivity index (χ4n) is 1.64. The number of nitrogens with one attached hydrogen (secondary N) is 1. The number of hydrogen-bond donors (Lipinski definition) is 2. The molecule has 0 heterocycles. The molecule has 1 aromatic carbocycles. The van der Waals surface area contributed by atoms with Crippen molar-refractivity contribution < 1.29 is 14.6 Å². The van der Waals surface area contributed by atoms with E-state index in [1.165, 1.54) is 0 Å². The van der Waals surface area contributed by atoms with Crippen molar-refractivity contribution in [1.29, 1.82) is 0 Å². The Bertz CT molecular complexity index is 421. The second kappa shape index (κ2) is 6.75. The molecule has 1 atom stereocenters. The lowest BCUT2D eigenvalue weighted by Crippen LogP contribution is -2.40. The highest BCUT2D eigenvalue weighted by Gasteiger charge is 2.20. The Kier molecular flexibility index (Phi) is 5.62. The topological polar surface area (TPSA) is 58.6 Å². The predicted octanol–water partition coefficient (Wildman–Crippen LogP) is 2.66. The minimum absolute atomic E-state index is 0.0342. The summed E-state index contributed by atoms with van der Waals surface area (Å²) < 4.78 is 6.08. The molecular formula is C13H18BrNO3. The van der Waals surface area contributed by atoms with Crippen molar-refractivity contribution in [2.75, 3.05) is 7.11 Å². The standard InChI is InChI=1S/C13H18BrNO3/c1-8(2)12(13(16)17)15-7-9-6-10(18-3)4-5-11(9)14/h4-6,8,12,15H,7H2,1-3H3,(H,16,17). The van der Waals surface area contributed by atoms with Crippen LogP contribution in [-0.2, 0) is 11.3 Å². The molecule has 18 heavy (non-hydrogen) atoms. The highest BCUT2D eigenvalue weighted by Crippen LogP contribution is 2.22. The molecule has 0 amide bonds. The summed E-state index contributed by atoms with van der Waals surface area (Å²) in [6, 6.07) is 5.07. The van der Waals surface area contributed by atoms with Crippen molar-refractivity contribution in [3.63, 3.8) is 0 Å². The first kappa shape index (κ1) is 15.0. The molecule has 100 valence electrons. The average molecular weight is 316 g/mol. The lowest BCUT2D eigenvalue weighted by molar-refractivity contribution is -0.140. The number of hydrogen-bond acceptors (Lipinski definition) is 3. The van der Waals surface area contributed by atoms with Gasteiger partial charge in [0.2, 0.25) is 0 Å². The molecule has 0 aliphatic rings. The fraction of sp³-hybridized carbons (Fsp3) is 0.462. The number of carbonyl (C=O) groups is 1. The monoisotopic (exact) mass is 315 g/mol. The lowest BCUT2D eigenvalue weighted by atomic mass is 10.0. The number of aliphatic carboxylic acids is 1. The Balaban J connectivity index is 2.75. The van der Waals surface area contributed by atoms with E-state index < -0.39 is 12.0 Å². The molecule has 4 nitrogen and oxygen atoms in total. The minimum atomic E-state index is -0.830. The van der Waals surface area contributed by atoms with Crippen LogP contribution in [0.15, 0.2) is 22.7 Å². The molecule has 1 rings (SSSR count). The van der Waals surface area contributed by atoms with Crippen LogP contribution in [0.1, 0.15) is 19.4 Å². The molecule has 0 aromatic heterocycles. The van der Waals surface area contributed by atoms with Gasteiger partial charge in [-0.2, -0.15) is 0 Å². The maximum absolute atomic E-state index is 11.1. The van der Waals surface area contributed by atoms with E-state index in [1.54, 1.807) is 7.11 Å². The minimum Gasteiger partial charge on any atom is -0.497 e. The zero-order valence-electron chi connectivity index (χ0n) is 10.7. The molecule has 0 saturated heterocycles. The zero-order chi connectivity index (χ0) is 13.7. The van der Waals surface area contributed by atoms with Gasteiger partial charge in [-0.25, -0.2) is 0 Å². The van der Waals surface area contributed by atoms with E-state index in [2.05, 4.69) is 21.2 Å². The summed E-state index contributed by atoms with van der Waals surface area (Å²) in [7, 11) is 1.61. The molecule has 0 bridgehead atoms. The summed E-state index contributed by atoms with van der Waals surface area (Å²) in [5.41, 5.74) is 0.973. The van der Waals surface area contributed by atoms with Crippen LogP contribution >= 0.6 is 15.9 Å². The van der Waals surface area contributed by atoms with E-state index >= 15 is 0 Å². The van der Waals surface area contributed by atoms with E-state index in [0.717, 1.165) is 15.8 Å². The summed E-state index contributed by atoms with van der Waals surface area (Å²) in [6.45, 7) is 4.24. The van der Waals surface area contributed by atoms with Crippen LogP contribution in [0.25, 0.3) is 0 Å². The Morgan fingerprint density at radius 1 is 1.50 bits per heavy atom. The number of rotatable bonds is 6. The maximum Gasteiger partial charge on any atom is 0.320 e. The van der Waals surface area contributed by atoms with Crippen LogP contribution in [0.2, 0.25) is 0 Å². The van der Waals surface area contributed by atoms with Gasteiger partial charge in [0.1, 0.15) is 11.8 Å². The highest BCUT2D eigenvalue weighted by molar-refractivity contribution is 9.10. The smallest absolute Gasteiger partial charge is 0.320 e. The van der Waals surface area contributed by atoms with Crippen LogP contribution in [0.5, 0.6) is 5.75 Å². The number of halogens is 1. The van der Waals surface area contributed by atoms with Crippen LogP contribution in [0.3, 0.4) is 0 Å². The van der Waals surface area contributed by atoms with Gasteiger partial charge in [-0.3, -0.25) is 4.79 Å². The van der Waals surface area contributed by atoms with E-state index in [4.69, 9.17) is 9.84 Å². The van der Waals surface area contributed by atoms with Crippen molar-refractivity contribution in [3.05, 3.63) is 28.2 Å². The summed E-state index contributed by atoms with van der Waals surface area (Å²) in [4.78, 5) is 11.1. The molecule has 1 aromatic rings. The largest absolute Gasteiger partial charge is 0.497 e. The van der Waals surface area contributed by atoms with Crippen LogP contribution in [-0.4, -0.2) is 24.2 Å². The normalized spacial score (nSPS) is 12.5. The van der Waals surface area contributed by atoms with Gasteiger partial charge in [-0.1, -0.05) is 29.8 Å². The summed E-state index contributed by atoms with van der Waals surface area (Å²) >= 11 is 3.44. The SMILES string of the molecule is COc1ccc(Br)c(CNC(C(=O)O)C(C)C)c1. The van der Waals surface area contributed by atoms with Gasteiger partial charge in [-0.15, -0.1) is 0 Å². The molecule has 5 heteroatoms. The second-order valence-corrected chi connectivity index (χ2v) is 5.25. The van der Waals surface area contributed by atoms with Crippen LogP contribution in [0, 0.1) is 5.92 Å². The first-order chi connectivity index (χ1) is 8.45. The number of carboxylic acids is 1. The van der Waals surface area contributed by atoms with Crippen molar-refractivity contribution in [2.45, 2.75) is 26.4 Å². The number of methoxy groups -OCH3 is 1. The van der Waals surface area contributed by atoms with Gasteiger partial charge < -0.3 is 15.2 Å². The summed E-state index contributed by atoms with van der Waals surface area (Å²) in [6.07, 6.45) is 0. The number of carboxylic acid groups (broad SMARTS) is 1. The van der Waals surface area contributed by atoms with Gasteiger partial charge >= 0.3 is 5.97 Å². The van der Waals surface area contributed by atoms with Crippen molar-refractivity contribution in [3.8, 4) is 5.75 Å². The lowest BCUT2D eigenvalue weighted by Gasteiger charge is -2.18. The molecule has 1 unspecified atom stereocenters. The molecule has 0 saturated carbocycles. The molecule has 0 aliphatic carbocycles. The van der Waals surface area contributed by atoms with E-state index in [0.29, 0.717) is 6.54 Å². The third kappa shape index (κ3) is 3.99. The van der Waals surface area contributed by atoms with Gasteiger partial charge in [0, 0.05) is 11.0 Å². The average Bonchev–Trinajstić information content (AvgIpc) is 2.30. The molecule has 0 spiro atoms. The van der Waals surface area contributed by atoms with Crippen molar-refractivity contribution in [1.82, 2.24) is 5.32 Å². The Morgan fingerprint density at radius 2 is 2.17 bits per heavy atom. The van der Waals surface area contributed by atoms with E-state index in [-0.39, 0.29) is 5.92 Å². The predicted molar refractivity (Wildman–Crippen MR) is 73.8 cm³/mol. The van der Waals surface area contributed by atoms with Gasteiger partial charge in [0.25, 0.3) is 0 Å². The molecule has 2 N–H and O–H groups in total. The van der Waals surface area contributed by atoms with Crippen molar-refractivity contribution in [2.24, 2.45) is 5.92 Å². The second-order valence-electron chi connectivity index (χ2n) is 4.40. The molecular weight excluding hydrogens is 298 g/mol. The highest BCUT2D eigenvalue weighted by atomic mass is 79.9. The number of ether oxygens (including phenoxy) is 1. The Labute approximate surface area is 115 Å². The van der Waals surface area contributed by atoms with Crippen LogP contribution in [0.4, 0.5) is 0 Å². The zero-order valence-corrected chi connectivity index (χ0v) is 12.3. The third-order valence-corrected chi connectivity index (χ3v) is 3.47. The Morgan fingerprint density at radius 3 is 2.67 bits per heavy atom. The maximum atomic E-state index is 11.1. The van der Waals surface area contributed by atoms with Gasteiger partial charge in [0.05, 0.1) is 7.11 Å². The van der Waals surface area contributed by atoms with Gasteiger partial charge in [0.15, 0.2) is 0 Å². The van der Waals surface area contributed by atoms with Gasteiger partial charge in [-0.05, 0) is 29.7 Å². The Hall–Kier alpha value is -1.07. The first-order valence-electron chi connectivity index (χ1n) is 5.74. The molecule has 0 aliphatic heterocycles. The van der Waals surface area contributed by atoms with Crippen LogP contribution < -0.4 is 10.1 Å². The molecule has 0 radical (unpaired) electrons. The summed E-state index contributed by atoms with van der Waals surface area (Å²) in [5.74, 6) is -0.0395. The summed E-state index contributed by atoms with van der Waals surface area (Å²) in [5, 5.41) is 12.1. The fourth-order valence-corrected chi connectivity index (χ4v) is 2.03. The van der Waals surface area contributed by atoms with E-state index in [1.807, 2.05) is 32.0 Å².